The van der Waals surface area contributed by atoms with Crippen molar-refractivity contribution >= 4 is 29.2 Å². The molecule has 158 valence electrons. The van der Waals surface area contributed by atoms with Crippen molar-refractivity contribution in [1.82, 2.24) is 5.32 Å². The molecule has 2 N–H and O–H groups in total. The number of hydrogen-bond acceptors (Lipinski definition) is 6. The Bertz CT molecular complexity index is 979. The maximum absolute atomic E-state index is 13.0. The van der Waals surface area contributed by atoms with E-state index in [0.717, 1.165) is 11.1 Å². The number of rotatable bonds is 7. The number of furan rings is 1. The fourth-order valence-corrected chi connectivity index (χ4v) is 3.10. The van der Waals surface area contributed by atoms with Gasteiger partial charge in [0, 0.05) is 11.8 Å². The molecule has 1 aliphatic heterocycles. The molecule has 0 atom stereocenters. The molecule has 0 radical (unpaired) electrons. The van der Waals surface area contributed by atoms with Crippen molar-refractivity contribution in [1.29, 1.82) is 0 Å². The molecule has 0 bridgehead atoms. The summed E-state index contributed by atoms with van der Waals surface area (Å²) in [6, 6.07) is 7.25. The number of esters is 1. The van der Waals surface area contributed by atoms with Crippen LogP contribution >= 0.6 is 0 Å². The lowest BCUT2D eigenvalue weighted by molar-refractivity contribution is -0.142. The Kier molecular flexibility index (Phi) is 6.56. The van der Waals surface area contributed by atoms with Gasteiger partial charge in [-0.15, -0.1) is 0 Å². The molecule has 1 aromatic carbocycles. The van der Waals surface area contributed by atoms with E-state index in [1.165, 1.54) is 17.2 Å². The molecule has 1 aromatic heterocycles. The van der Waals surface area contributed by atoms with E-state index in [1.807, 2.05) is 26.0 Å². The standard InChI is InChI=1S/C22H25N3O5/c1-4-29-22(28)11-16-10-21(27)25(13-20(26)23-12-17-6-5-7-30-17)19-9-15(3)14(2)8-18(19)24-16/h5-10,24H,4,11-13H2,1-3H3,(H,23,26). The van der Waals surface area contributed by atoms with Gasteiger partial charge in [0.25, 0.3) is 5.91 Å². The predicted molar refractivity (Wildman–Crippen MR) is 112 cm³/mol. The van der Waals surface area contributed by atoms with E-state index in [2.05, 4.69) is 10.6 Å². The van der Waals surface area contributed by atoms with Crippen LogP contribution in [0, 0.1) is 13.8 Å². The highest BCUT2D eigenvalue weighted by atomic mass is 16.5. The van der Waals surface area contributed by atoms with E-state index in [-0.39, 0.29) is 32.0 Å². The first-order valence-electron chi connectivity index (χ1n) is 9.72. The van der Waals surface area contributed by atoms with Crippen LogP contribution < -0.4 is 15.5 Å². The molecule has 8 heteroatoms. The SMILES string of the molecule is CCOC(=O)CC1=CC(=O)N(CC(=O)NCc2ccco2)c2cc(C)c(C)cc2N1. The Hall–Kier alpha value is -3.55. The first-order valence-corrected chi connectivity index (χ1v) is 9.72. The van der Waals surface area contributed by atoms with Gasteiger partial charge in [-0.05, 0) is 56.2 Å². The molecule has 2 amide bonds. The third kappa shape index (κ3) is 5.08. The predicted octanol–water partition coefficient (Wildman–Crippen LogP) is 2.81. The third-order valence-corrected chi connectivity index (χ3v) is 4.74. The van der Waals surface area contributed by atoms with E-state index < -0.39 is 11.9 Å². The Labute approximate surface area is 174 Å². The summed E-state index contributed by atoms with van der Waals surface area (Å²) in [5.74, 6) is -0.530. The van der Waals surface area contributed by atoms with E-state index in [0.29, 0.717) is 22.8 Å². The average molecular weight is 411 g/mol. The number of carbonyl (C=O) groups excluding carboxylic acids is 3. The summed E-state index contributed by atoms with van der Waals surface area (Å²) in [4.78, 5) is 38.8. The van der Waals surface area contributed by atoms with E-state index in [9.17, 15) is 14.4 Å². The average Bonchev–Trinajstić information content (AvgIpc) is 3.17. The van der Waals surface area contributed by atoms with Crippen LogP contribution in [0.3, 0.4) is 0 Å². The van der Waals surface area contributed by atoms with Gasteiger partial charge in [0.1, 0.15) is 12.3 Å². The van der Waals surface area contributed by atoms with Crippen LogP contribution in [0.25, 0.3) is 0 Å². The zero-order chi connectivity index (χ0) is 21.7. The number of aryl methyl sites for hydroxylation is 2. The highest BCUT2D eigenvalue weighted by Gasteiger charge is 2.26. The Morgan fingerprint density at radius 2 is 2.00 bits per heavy atom. The van der Waals surface area contributed by atoms with Crippen molar-refractivity contribution in [2.75, 3.05) is 23.4 Å². The minimum Gasteiger partial charge on any atom is -0.467 e. The molecule has 2 heterocycles. The molecule has 0 unspecified atom stereocenters. The topological polar surface area (TPSA) is 101 Å². The largest absolute Gasteiger partial charge is 0.467 e. The molecular weight excluding hydrogens is 386 g/mol. The number of ether oxygens (including phenoxy) is 1. The number of nitrogens with zero attached hydrogens (tertiary/aromatic N) is 1. The first kappa shape index (κ1) is 21.2. The van der Waals surface area contributed by atoms with Crippen molar-refractivity contribution < 1.29 is 23.5 Å². The zero-order valence-electron chi connectivity index (χ0n) is 17.3. The lowest BCUT2D eigenvalue weighted by Gasteiger charge is -2.23. The van der Waals surface area contributed by atoms with Gasteiger partial charge in [-0.3, -0.25) is 19.3 Å². The maximum atomic E-state index is 13.0. The normalized spacial score (nSPS) is 13.1. The molecule has 0 aliphatic carbocycles. The minimum atomic E-state index is -0.431. The fourth-order valence-electron chi connectivity index (χ4n) is 3.10. The van der Waals surface area contributed by atoms with Crippen LogP contribution in [0.5, 0.6) is 0 Å². The second-order valence-corrected chi connectivity index (χ2v) is 7.01. The van der Waals surface area contributed by atoms with Crippen LogP contribution in [-0.4, -0.2) is 30.9 Å². The number of carbonyl (C=O) groups is 3. The van der Waals surface area contributed by atoms with Crippen LogP contribution in [0.1, 0.15) is 30.2 Å². The summed E-state index contributed by atoms with van der Waals surface area (Å²) in [6.45, 7) is 5.95. The van der Waals surface area contributed by atoms with Gasteiger partial charge >= 0.3 is 5.97 Å². The lowest BCUT2D eigenvalue weighted by atomic mass is 10.1. The summed E-state index contributed by atoms with van der Waals surface area (Å²) < 4.78 is 10.2. The highest BCUT2D eigenvalue weighted by molar-refractivity contribution is 6.09. The molecule has 8 nitrogen and oxygen atoms in total. The number of nitrogens with one attached hydrogen (secondary N) is 2. The smallest absolute Gasteiger partial charge is 0.311 e. The lowest BCUT2D eigenvalue weighted by Crippen LogP contribution is -2.40. The molecule has 0 saturated heterocycles. The maximum Gasteiger partial charge on any atom is 0.311 e. The van der Waals surface area contributed by atoms with E-state index in [4.69, 9.17) is 9.15 Å². The monoisotopic (exact) mass is 411 g/mol. The van der Waals surface area contributed by atoms with Crippen molar-refractivity contribution in [3.63, 3.8) is 0 Å². The molecule has 1 aliphatic rings. The number of hydrogen-bond donors (Lipinski definition) is 2. The molecule has 0 spiro atoms. The van der Waals surface area contributed by atoms with Crippen LogP contribution in [0.15, 0.2) is 46.7 Å². The van der Waals surface area contributed by atoms with Gasteiger partial charge in [-0.2, -0.15) is 0 Å². The highest BCUT2D eigenvalue weighted by Crippen LogP contribution is 2.33. The third-order valence-electron chi connectivity index (χ3n) is 4.74. The Balaban J connectivity index is 1.84. The number of fused-ring (bicyclic) bond motifs is 1. The van der Waals surface area contributed by atoms with Gasteiger partial charge in [0.2, 0.25) is 5.91 Å². The minimum absolute atomic E-state index is 0.0650. The molecule has 30 heavy (non-hydrogen) atoms. The Morgan fingerprint density at radius 1 is 1.23 bits per heavy atom. The molecule has 0 saturated carbocycles. The second kappa shape index (κ2) is 9.30. The zero-order valence-corrected chi connectivity index (χ0v) is 17.3. The summed E-state index contributed by atoms with van der Waals surface area (Å²) in [5.41, 5.74) is 3.65. The fraction of sp³-hybridized carbons (Fsp3) is 0.318. The molecule has 2 aromatic rings. The van der Waals surface area contributed by atoms with E-state index >= 15 is 0 Å². The second-order valence-electron chi connectivity index (χ2n) is 7.01. The quantitative estimate of drug-likeness (QED) is 0.680. The molecule has 0 fully saturated rings. The van der Waals surface area contributed by atoms with Crippen molar-refractivity contribution in [3.8, 4) is 0 Å². The molecule has 3 rings (SSSR count). The van der Waals surface area contributed by atoms with Gasteiger partial charge in [-0.25, -0.2) is 0 Å². The van der Waals surface area contributed by atoms with Gasteiger partial charge < -0.3 is 19.8 Å². The Morgan fingerprint density at radius 3 is 2.70 bits per heavy atom. The number of benzene rings is 1. The summed E-state index contributed by atoms with van der Waals surface area (Å²) >= 11 is 0. The van der Waals surface area contributed by atoms with Crippen molar-refractivity contribution in [2.45, 2.75) is 33.7 Å². The first-order chi connectivity index (χ1) is 14.4. The van der Waals surface area contributed by atoms with Crippen LogP contribution in [0.4, 0.5) is 11.4 Å². The van der Waals surface area contributed by atoms with Crippen molar-refractivity contribution in [2.24, 2.45) is 0 Å². The van der Waals surface area contributed by atoms with Gasteiger partial charge in [-0.1, -0.05) is 0 Å². The number of anilines is 2. The van der Waals surface area contributed by atoms with E-state index in [1.54, 1.807) is 19.1 Å². The summed E-state index contributed by atoms with van der Waals surface area (Å²) in [6.07, 6.45) is 2.80. The summed E-state index contributed by atoms with van der Waals surface area (Å²) in [5, 5.41) is 5.90. The van der Waals surface area contributed by atoms with Crippen molar-refractivity contribution in [3.05, 3.63) is 59.2 Å². The molecular formula is C22H25N3O5. The number of amides is 2. The van der Waals surface area contributed by atoms with Crippen LogP contribution in [-0.2, 0) is 25.7 Å². The van der Waals surface area contributed by atoms with Gasteiger partial charge in [0.05, 0.1) is 37.2 Å². The van der Waals surface area contributed by atoms with Crippen LogP contribution in [0.2, 0.25) is 0 Å². The summed E-state index contributed by atoms with van der Waals surface area (Å²) in [7, 11) is 0. The van der Waals surface area contributed by atoms with Gasteiger partial charge in [0.15, 0.2) is 0 Å².